The average Bonchev–Trinajstić information content (AvgIpc) is 3.43. The van der Waals surface area contributed by atoms with Crippen LogP contribution in [0.4, 0.5) is 27.6 Å². The number of aryl methyl sites for hydroxylation is 1. The summed E-state index contributed by atoms with van der Waals surface area (Å²) in [4.78, 5) is 14.5. The Morgan fingerprint density at radius 1 is 1.14 bits per heavy atom. The van der Waals surface area contributed by atoms with Crippen LogP contribution in [0.3, 0.4) is 0 Å². The molecule has 2 heterocycles. The van der Waals surface area contributed by atoms with Crippen molar-refractivity contribution in [3.63, 3.8) is 0 Å². The summed E-state index contributed by atoms with van der Waals surface area (Å²) in [5, 5.41) is 10.6. The highest BCUT2D eigenvalue weighted by Crippen LogP contribution is 2.41. The van der Waals surface area contributed by atoms with E-state index in [1.165, 1.54) is 48.3 Å². The SMILES string of the molecule is Cn1cnnc1C(F)(CF)c1cccc(N2Cc3c(cc(CNC4(C)CCC4)cc3C(F)(F)F)C2=O)c1. The molecular formula is C26H26F5N5O. The number of alkyl halides is 5. The Kier molecular flexibility index (Phi) is 6.09. The highest BCUT2D eigenvalue weighted by molar-refractivity contribution is 6.10. The van der Waals surface area contributed by atoms with Gasteiger partial charge in [-0.05, 0) is 61.6 Å². The second-order valence-corrected chi connectivity index (χ2v) is 10.1. The molecule has 1 amide bonds. The van der Waals surface area contributed by atoms with Gasteiger partial charge in [0.15, 0.2) is 5.82 Å². The normalized spacial score (nSPS) is 18.5. The van der Waals surface area contributed by atoms with Crippen LogP contribution in [0.25, 0.3) is 0 Å². The topological polar surface area (TPSA) is 63.1 Å². The van der Waals surface area contributed by atoms with Crippen molar-refractivity contribution in [1.82, 2.24) is 20.1 Å². The third-order valence-corrected chi connectivity index (χ3v) is 7.45. The monoisotopic (exact) mass is 519 g/mol. The van der Waals surface area contributed by atoms with E-state index in [1.54, 1.807) is 0 Å². The van der Waals surface area contributed by atoms with Crippen LogP contribution in [0.2, 0.25) is 0 Å². The Bertz CT molecular complexity index is 1350. The standard InChI is InChI=1S/C26H26F5N5O/c1-24(7-4-8-24)32-12-16-9-19-20(21(10-16)26(29,30)31)13-36(22(19)37)18-6-3-5-17(11-18)25(28,14-27)23-34-33-15-35(23)2/h3,5-6,9-11,15,32H,4,7-8,12-14H2,1-2H3. The molecule has 1 unspecified atom stereocenters. The maximum atomic E-state index is 15.8. The number of aromatic nitrogens is 3. The molecular weight excluding hydrogens is 493 g/mol. The minimum atomic E-state index is -4.66. The Balaban J connectivity index is 1.50. The number of nitrogens with one attached hydrogen (secondary N) is 1. The molecule has 0 saturated heterocycles. The number of rotatable bonds is 7. The summed E-state index contributed by atoms with van der Waals surface area (Å²) >= 11 is 0. The van der Waals surface area contributed by atoms with Gasteiger partial charge in [-0.3, -0.25) is 4.79 Å². The lowest BCUT2D eigenvalue weighted by atomic mass is 9.78. The van der Waals surface area contributed by atoms with Crippen molar-refractivity contribution in [2.45, 2.75) is 56.7 Å². The zero-order chi connectivity index (χ0) is 26.6. The predicted octanol–water partition coefficient (Wildman–Crippen LogP) is 5.21. The van der Waals surface area contributed by atoms with Crippen LogP contribution < -0.4 is 10.2 Å². The fourth-order valence-corrected chi connectivity index (χ4v) is 5.06. The Labute approximate surface area is 210 Å². The third-order valence-electron chi connectivity index (χ3n) is 7.45. The smallest absolute Gasteiger partial charge is 0.318 e. The molecule has 6 nitrogen and oxygen atoms in total. The van der Waals surface area contributed by atoms with Gasteiger partial charge in [0.1, 0.15) is 13.0 Å². The van der Waals surface area contributed by atoms with Gasteiger partial charge < -0.3 is 14.8 Å². The van der Waals surface area contributed by atoms with E-state index in [2.05, 4.69) is 15.5 Å². The van der Waals surface area contributed by atoms with E-state index in [0.717, 1.165) is 30.2 Å². The molecule has 2 aromatic carbocycles. The van der Waals surface area contributed by atoms with Gasteiger partial charge in [0.2, 0.25) is 5.67 Å². The summed E-state index contributed by atoms with van der Waals surface area (Å²) in [7, 11) is 1.47. The fourth-order valence-electron chi connectivity index (χ4n) is 5.06. The van der Waals surface area contributed by atoms with Crippen LogP contribution in [0.5, 0.6) is 0 Å². The molecule has 0 spiro atoms. The van der Waals surface area contributed by atoms with Gasteiger partial charge in [-0.25, -0.2) is 8.78 Å². The Morgan fingerprint density at radius 3 is 2.49 bits per heavy atom. The van der Waals surface area contributed by atoms with E-state index < -0.39 is 30.0 Å². The number of halogens is 5. The van der Waals surface area contributed by atoms with E-state index in [9.17, 15) is 22.4 Å². The first kappa shape index (κ1) is 25.3. The second kappa shape index (κ2) is 8.90. The van der Waals surface area contributed by atoms with Crippen LogP contribution >= 0.6 is 0 Å². The minimum Gasteiger partial charge on any atom is -0.318 e. The van der Waals surface area contributed by atoms with Crippen molar-refractivity contribution in [2.75, 3.05) is 11.6 Å². The number of nitrogens with zero attached hydrogens (tertiary/aromatic N) is 4. The molecule has 2 aliphatic rings. The molecule has 1 aliphatic carbocycles. The van der Waals surface area contributed by atoms with Gasteiger partial charge in [-0.1, -0.05) is 12.1 Å². The van der Waals surface area contributed by atoms with E-state index in [4.69, 9.17) is 0 Å². The molecule has 1 aliphatic heterocycles. The summed E-state index contributed by atoms with van der Waals surface area (Å²) in [6, 6.07) is 8.11. The summed E-state index contributed by atoms with van der Waals surface area (Å²) in [5.74, 6) is -0.891. The molecule has 5 rings (SSSR count). The third kappa shape index (κ3) is 4.39. The zero-order valence-electron chi connectivity index (χ0n) is 20.4. The number of amides is 1. The summed E-state index contributed by atoms with van der Waals surface area (Å²) < 4.78 is 73.2. The number of carbonyl (C=O) groups is 1. The van der Waals surface area contributed by atoms with Crippen molar-refractivity contribution >= 4 is 11.6 Å². The molecule has 1 atom stereocenters. The number of fused-ring (bicyclic) bond motifs is 1. The number of hydrogen-bond acceptors (Lipinski definition) is 4. The van der Waals surface area contributed by atoms with E-state index in [0.29, 0.717) is 5.56 Å². The number of anilines is 1. The zero-order valence-corrected chi connectivity index (χ0v) is 20.4. The number of carbonyl (C=O) groups excluding carboxylic acids is 1. The minimum absolute atomic E-state index is 0.0407. The van der Waals surface area contributed by atoms with E-state index in [-0.39, 0.29) is 46.8 Å². The molecule has 0 bridgehead atoms. The fraction of sp³-hybridized carbons (Fsp3) is 0.423. The van der Waals surface area contributed by atoms with Crippen LogP contribution in [0.1, 0.15) is 64.6 Å². The summed E-state index contributed by atoms with van der Waals surface area (Å²) in [6.45, 7) is 0.452. The number of benzene rings is 2. The lowest BCUT2D eigenvalue weighted by molar-refractivity contribution is -0.138. The van der Waals surface area contributed by atoms with E-state index in [1.807, 2.05) is 6.92 Å². The molecule has 196 valence electrons. The first-order valence-electron chi connectivity index (χ1n) is 11.9. The van der Waals surface area contributed by atoms with Crippen LogP contribution in [0, 0.1) is 0 Å². The van der Waals surface area contributed by atoms with Crippen LogP contribution in [-0.2, 0) is 32.0 Å². The molecule has 1 saturated carbocycles. The Hall–Kier alpha value is -3.34. The lowest BCUT2D eigenvalue weighted by Gasteiger charge is -2.39. The maximum absolute atomic E-state index is 15.8. The van der Waals surface area contributed by atoms with Gasteiger partial charge in [0.25, 0.3) is 5.91 Å². The van der Waals surface area contributed by atoms with Crippen molar-refractivity contribution in [3.05, 3.63) is 76.4 Å². The molecule has 1 aromatic heterocycles. The first-order valence-corrected chi connectivity index (χ1v) is 11.9. The molecule has 11 heteroatoms. The quantitative estimate of drug-likeness (QED) is 0.436. The van der Waals surface area contributed by atoms with Gasteiger partial charge in [-0.2, -0.15) is 13.2 Å². The highest BCUT2D eigenvalue weighted by Gasteiger charge is 2.42. The average molecular weight is 520 g/mol. The largest absolute Gasteiger partial charge is 0.416 e. The summed E-state index contributed by atoms with van der Waals surface area (Å²) in [6.07, 6.45) is -0.480. The van der Waals surface area contributed by atoms with Gasteiger partial charge in [-0.15, -0.1) is 10.2 Å². The lowest BCUT2D eigenvalue weighted by Crippen LogP contribution is -2.47. The summed E-state index contributed by atoms with van der Waals surface area (Å²) in [5.41, 5.74) is -3.40. The first-order chi connectivity index (χ1) is 17.4. The maximum Gasteiger partial charge on any atom is 0.416 e. The molecule has 37 heavy (non-hydrogen) atoms. The van der Waals surface area contributed by atoms with Gasteiger partial charge >= 0.3 is 6.18 Å². The van der Waals surface area contributed by atoms with Gasteiger partial charge in [0, 0.05) is 35.9 Å². The molecule has 3 aromatic rings. The van der Waals surface area contributed by atoms with Crippen LogP contribution in [0.15, 0.2) is 42.7 Å². The number of hydrogen-bond donors (Lipinski definition) is 1. The highest BCUT2D eigenvalue weighted by atomic mass is 19.4. The van der Waals surface area contributed by atoms with Crippen molar-refractivity contribution in [3.8, 4) is 0 Å². The van der Waals surface area contributed by atoms with Crippen LogP contribution in [-0.4, -0.2) is 32.9 Å². The molecule has 1 N–H and O–H groups in total. The molecule has 1 fully saturated rings. The Morgan fingerprint density at radius 2 is 1.89 bits per heavy atom. The van der Waals surface area contributed by atoms with Crippen molar-refractivity contribution in [2.24, 2.45) is 7.05 Å². The van der Waals surface area contributed by atoms with Gasteiger partial charge in [0.05, 0.1) is 12.1 Å². The predicted molar refractivity (Wildman–Crippen MR) is 126 cm³/mol. The molecule has 0 radical (unpaired) electrons. The van der Waals surface area contributed by atoms with Crippen molar-refractivity contribution in [1.29, 1.82) is 0 Å². The van der Waals surface area contributed by atoms with Crippen molar-refractivity contribution < 1.29 is 26.7 Å². The van der Waals surface area contributed by atoms with E-state index >= 15 is 4.39 Å². The second-order valence-electron chi connectivity index (χ2n) is 10.1.